The van der Waals surface area contributed by atoms with Crippen LogP contribution in [0.2, 0.25) is 5.02 Å². The van der Waals surface area contributed by atoms with E-state index in [-0.39, 0.29) is 17.7 Å². The topological polar surface area (TPSA) is 58.2 Å². The van der Waals surface area contributed by atoms with E-state index in [1.165, 1.54) is 0 Å². The van der Waals surface area contributed by atoms with Crippen molar-refractivity contribution < 1.29 is 9.59 Å². The normalized spacial score (nSPS) is 22.9. The van der Waals surface area contributed by atoms with Gasteiger partial charge < -0.3 is 10.6 Å². The van der Waals surface area contributed by atoms with Gasteiger partial charge in [0.2, 0.25) is 0 Å². The third-order valence-electron chi connectivity index (χ3n) is 4.81. The van der Waals surface area contributed by atoms with Crippen molar-refractivity contribution in [3.63, 3.8) is 0 Å². The Morgan fingerprint density at radius 2 is 1.60 bits per heavy atom. The zero-order valence-electron chi connectivity index (χ0n) is 13.5. The van der Waals surface area contributed by atoms with Gasteiger partial charge in [0, 0.05) is 22.7 Å². The molecule has 2 aromatic rings. The van der Waals surface area contributed by atoms with Gasteiger partial charge >= 0.3 is 6.03 Å². The van der Waals surface area contributed by atoms with E-state index in [1.54, 1.807) is 12.1 Å². The highest BCUT2D eigenvalue weighted by atomic mass is 35.5. The third kappa shape index (κ3) is 3.05. The second-order valence-electron chi connectivity index (χ2n) is 6.41. The predicted octanol–water partition coefficient (Wildman–Crippen LogP) is 4.09. The summed E-state index contributed by atoms with van der Waals surface area (Å²) in [6, 6.07) is 16.5. The van der Waals surface area contributed by atoms with Crippen molar-refractivity contribution in [3.8, 4) is 0 Å². The fraction of sp³-hybridized carbons (Fsp3) is 0.200. The van der Waals surface area contributed by atoms with E-state index in [0.717, 1.165) is 16.8 Å². The Morgan fingerprint density at radius 3 is 2.32 bits per heavy atom. The molecule has 0 radical (unpaired) electrons. The molecule has 126 valence electrons. The highest BCUT2D eigenvalue weighted by Gasteiger charge is 2.37. The molecule has 1 aliphatic carbocycles. The van der Waals surface area contributed by atoms with Crippen LogP contribution in [0, 0.1) is 0 Å². The summed E-state index contributed by atoms with van der Waals surface area (Å²) in [4.78, 5) is 25.0. The molecule has 0 bridgehead atoms. The molecular formula is C20H17ClN2O2. The molecule has 0 saturated heterocycles. The number of urea groups is 1. The van der Waals surface area contributed by atoms with Gasteiger partial charge in [0.15, 0.2) is 5.78 Å². The Balaban J connectivity index is 1.71. The number of allylic oxidation sites excluding steroid dienone is 1. The molecule has 2 atom stereocenters. The van der Waals surface area contributed by atoms with Crippen LogP contribution in [0.3, 0.4) is 0 Å². The number of carbonyl (C=O) groups is 2. The molecule has 2 aliphatic rings. The lowest BCUT2D eigenvalue weighted by molar-refractivity contribution is -0.116. The monoisotopic (exact) mass is 352 g/mol. The molecule has 4 nitrogen and oxygen atoms in total. The molecule has 5 heteroatoms. The van der Waals surface area contributed by atoms with Gasteiger partial charge in [-0.25, -0.2) is 4.79 Å². The fourth-order valence-corrected chi connectivity index (χ4v) is 3.75. The van der Waals surface area contributed by atoms with Crippen molar-refractivity contribution in [1.29, 1.82) is 0 Å². The Labute approximate surface area is 150 Å². The van der Waals surface area contributed by atoms with Crippen molar-refractivity contribution >= 4 is 23.4 Å². The fourth-order valence-electron chi connectivity index (χ4n) is 3.63. The quantitative estimate of drug-likeness (QED) is 0.855. The van der Waals surface area contributed by atoms with Gasteiger partial charge in [-0.1, -0.05) is 54.1 Å². The lowest BCUT2D eigenvalue weighted by Crippen LogP contribution is -2.47. The lowest BCUT2D eigenvalue weighted by atomic mass is 9.78. The Morgan fingerprint density at radius 1 is 0.880 bits per heavy atom. The first kappa shape index (κ1) is 15.9. The average Bonchev–Trinajstić information content (AvgIpc) is 2.62. The first-order chi connectivity index (χ1) is 12.1. The Hall–Kier alpha value is -2.59. The van der Waals surface area contributed by atoms with Crippen LogP contribution in [-0.2, 0) is 4.79 Å². The second-order valence-corrected chi connectivity index (χ2v) is 6.85. The van der Waals surface area contributed by atoms with Crippen LogP contribution < -0.4 is 10.6 Å². The van der Waals surface area contributed by atoms with E-state index in [2.05, 4.69) is 10.6 Å². The number of halogens is 1. The van der Waals surface area contributed by atoms with E-state index in [4.69, 9.17) is 11.6 Å². The van der Waals surface area contributed by atoms with E-state index >= 15 is 0 Å². The predicted molar refractivity (Wildman–Crippen MR) is 96.3 cm³/mol. The van der Waals surface area contributed by atoms with Crippen molar-refractivity contribution in [2.45, 2.75) is 24.8 Å². The highest BCUT2D eigenvalue weighted by molar-refractivity contribution is 6.30. The van der Waals surface area contributed by atoms with Crippen LogP contribution in [0.1, 0.15) is 35.9 Å². The lowest BCUT2D eigenvalue weighted by Gasteiger charge is -2.35. The van der Waals surface area contributed by atoms with E-state index < -0.39 is 6.04 Å². The second kappa shape index (κ2) is 6.37. The number of carbonyl (C=O) groups excluding carboxylic acids is 2. The van der Waals surface area contributed by atoms with Gasteiger partial charge in [0.1, 0.15) is 0 Å². The number of benzene rings is 2. The summed E-state index contributed by atoms with van der Waals surface area (Å²) in [6.45, 7) is 0. The molecule has 0 fully saturated rings. The van der Waals surface area contributed by atoms with Gasteiger partial charge in [-0.3, -0.25) is 4.79 Å². The molecule has 2 N–H and O–H groups in total. The molecule has 1 aliphatic heterocycles. The minimum absolute atomic E-state index is 0.0718. The van der Waals surface area contributed by atoms with Crippen molar-refractivity contribution in [1.82, 2.24) is 10.6 Å². The summed E-state index contributed by atoms with van der Waals surface area (Å²) < 4.78 is 0. The average molecular weight is 353 g/mol. The number of rotatable bonds is 2. The Kier molecular flexibility index (Phi) is 4.06. The summed E-state index contributed by atoms with van der Waals surface area (Å²) in [7, 11) is 0. The minimum Gasteiger partial charge on any atom is -0.327 e. The van der Waals surface area contributed by atoms with Crippen LogP contribution in [0.4, 0.5) is 4.79 Å². The van der Waals surface area contributed by atoms with Crippen LogP contribution in [0.5, 0.6) is 0 Å². The molecule has 2 aromatic carbocycles. The largest absolute Gasteiger partial charge is 0.327 e. The number of hydrogen-bond acceptors (Lipinski definition) is 2. The van der Waals surface area contributed by atoms with E-state index in [1.807, 2.05) is 42.5 Å². The smallest absolute Gasteiger partial charge is 0.319 e. The molecule has 0 spiro atoms. The SMILES string of the molecule is O=C1NC2=C(C(=O)C[C@@H](c3ccccc3)C2)[C@@H](c2ccc(Cl)cc2)N1. The van der Waals surface area contributed by atoms with Gasteiger partial charge in [-0.2, -0.15) is 0 Å². The minimum atomic E-state index is -0.426. The maximum Gasteiger partial charge on any atom is 0.319 e. The Bertz CT molecular complexity index is 859. The van der Waals surface area contributed by atoms with Crippen molar-refractivity contribution in [2.24, 2.45) is 0 Å². The van der Waals surface area contributed by atoms with Crippen LogP contribution in [0.25, 0.3) is 0 Å². The summed E-state index contributed by atoms with van der Waals surface area (Å²) in [5.41, 5.74) is 3.37. The summed E-state index contributed by atoms with van der Waals surface area (Å²) in [6.07, 6.45) is 1.10. The maximum absolute atomic E-state index is 12.9. The first-order valence-corrected chi connectivity index (χ1v) is 8.64. The third-order valence-corrected chi connectivity index (χ3v) is 5.06. The van der Waals surface area contributed by atoms with Gasteiger partial charge in [0.25, 0.3) is 0 Å². The zero-order valence-corrected chi connectivity index (χ0v) is 14.2. The highest BCUT2D eigenvalue weighted by Crippen LogP contribution is 2.39. The van der Waals surface area contributed by atoms with Crippen LogP contribution in [0.15, 0.2) is 65.9 Å². The molecule has 25 heavy (non-hydrogen) atoms. The molecule has 0 unspecified atom stereocenters. The van der Waals surface area contributed by atoms with Gasteiger partial charge in [-0.15, -0.1) is 0 Å². The number of Topliss-reactive ketones (excluding diaryl/α,β-unsaturated/α-hetero) is 1. The van der Waals surface area contributed by atoms with Crippen LogP contribution in [-0.4, -0.2) is 11.8 Å². The van der Waals surface area contributed by atoms with Gasteiger partial charge in [0.05, 0.1) is 6.04 Å². The number of ketones is 1. The molecule has 0 saturated carbocycles. The van der Waals surface area contributed by atoms with E-state index in [0.29, 0.717) is 23.4 Å². The zero-order chi connectivity index (χ0) is 17.4. The molecule has 1 heterocycles. The number of hydrogen-bond donors (Lipinski definition) is 2. The van der Waals surface area contributed by atoms with Crippen LogP contribution >= 0.6 is 11.6 Å². The molecule has 0 aromatic heterocycles. The maximum atomic E-state index is 12.9. The molecular weight excluding hydrogens is 336 g/mol. The van der Waals surface area contributed by atoms with E-state index in [9.17, 15) is 9.59 Å². The number of nitrogens with one attached hydrogen (secondary N) is 2. The van der Waals surface area contributed by atoms with Crippen molar-refractivity contribution in [2.75, 3.05) is 0 Å². The first-order valence-electron chi connectivity index (χ1n) is 8.26. The van der Waals surface area contributed by atoms with Crippen molar-refractivity contribution in [3.05, 3.63) is 82.0 Å². The van der Waals surface area contributed by atoms with Gasteiger partial charge in [-0.05, 0) is 35.6 Å². The summed E-state index contributed by atoms with van der Waals surface area (Å²) in [5.74, 6) is 0.166. The standard InChI is InChI=1S/C20H17ClN2O2/c21-15-8-6-13(7-9-15)19-18-16(22-20(25)23-19)10-14(11-17(18)24)12-4-2-1-3-5-12/h1-9,14,19H,10-11H2,(H2,22,23,25)/t14-,19+/m0/s1. The summed E-state index contributed by atoms with van der Waals surface area (Å²) in [5, 5.41) is 6.33. The summed E-state index contributed by atoms with van der Waals surface area (Å²) >= 11 is 5.95. The molecule has 2 amide bonds. The molecule has 4 rings (SSSR count). The number of amides is 2.